The van der Waals surface area contributed by atoms with E-state index in [9.17, 15) is 19.8 Å². The van der Waals surface area contributed by atoms with Gasteiger partial charge in [0.1, 0.15) is 0 Å². The maximum absolute atomic E-state index is 12.1. The van der Waals surface area contributed by atoms with Gasteiger partial charge in [0.15, 0.2) is 0 Å². The van der Waals surface area contributed by atoms with Crippen molar-refractivity contribution in [1.29, 1.82) is 0 Å². The molecule has 4 aliphatic rings. The van der Waals surface area contributed by atoms with E-state index in [-0.39, 0.29) is 28.6 Å². The Morgan fingerprint density at radius 1 is 0.794 bits per heavy atom. The highest BCUT2D eigenvalue weighted by atomic mass is 16.4. The van der Waals surface area contributed by atoms with Gasteiger partial charge in [0.25, 0.3) is 0 Å². The predicted molar refractivity (Wildman–Crippen MR) is 135 cm³/mol. The van der Waals surface area contributed by atoms with Gasteiger partial charge in [0.2, 0.25) is 0 Å². The van der Waals surface area contributed by atoms with Gasteiger partial charge < -0.3 is 10.2 Å². The molecule has 0 spiro atoms. The molecule has 0 radical (unpaired) electrons. The number of carbonyl (C=O) groups is 2. The summed E-state index contributed by atoms with van der Waals surface area (Å²) in [6.07, 6.45) is 10.5. The number of hydrogen-bond donors (Lipinski definition) is 2. The van der Waals surface area contributed by atoms with Crippen LogP contribution in [0.15, 0.2) is 0 Å². The lowest BCUT2D eigenvalue weighted by Crippen LogP contribution is -2.67. The van der Waals surface area contributed by atoms with Crippen molar-refractivity contribution in [2.24, 2.45) is 56.2 Å². The first-order valence-electron chi connectivity index (χ1n) is 13.9. The molecule has 4 nitrogen and oxygen atoms in total. The van der Waals surface area contributed by atoms with E-state index >= 15 is 0 Å². The highest BCUT2D eigenvalue weighted by Gasteiger charge is 2.70. The fourth-order valence-corrected chi connectivity index (χ4v) is 10.6. The van der Waals surface area contributed by atoms with Crippen LogP contribution in [0.2, 0.25) is 0 Å². The summed E-state index contributed by atoms with van der Waals surface area (Å²) in [7, 11) is 0. The van der Waals surface area contributed by atoms with Crippen LogP contribution in [0.3, 0.4) is 0 Å². The lowest BCUT2D eigenvalue weighted by molar-refractivity contribution is -0.255. The molecule has 4 aliphatic carbocycles. The van der Waals surface area contributed by atoms with Crippen LogP contribution < -0.4 is 0 Å². The van der Waals surface area contributed by atoms with Crippen molar-refractivity contribution in [3.63, 3.8) is 0 Å². The quantitative estimate of drug-likeness (QED) is 0.439. The van der Waals surface area contributed by atoms with Gasteiger partial charge in [-0.05, 0) is 108 Å². The summed E-state index contributed by atoms with van der Waals surface area (Å²) in [5.41, 5.74) is 0.597. The summed E-state index contributed by atoms with van der Waals surface area (Å²) in [6, 6.07) is 0. The summed E-state index contributed by atoms with van der Waals surface area (Å²) >= 11 is 0. The van der Waals surface area contributed by atoms with Crippen LogP contribution in [0.5, 0.6) is 0 Å². The van der Waals surface area contributed by atoms with Gasteiger partial charge in [-0.2, -0.15) is 0 Å². The average Bonchev–Trinajstić information content (AvgIpc) is 2.73. The Bertz CT molecular complexity index is 864. The largest absolute Gasteiger partial charge is 0.481 e. The maximum atomic E-state index is 12.1. The normalized spacial score (nSPS) is 50.9. The molecular weight excluding hydrogens is 424 g/mol. The van der Waals surface area contributed by atoms with Gasteiger partial charge >= 0.3 is 11.9 Å². The van der Waals surface area contributed by atoms with Crippen LogP contribution in [0, 0.1) is 56.2 Å². The lowest BCUT2D eigenvalue weighted by Gasteiger charge is -2.74. The number of carboxylic acid groups (broad SMARTS) is 2. The first kappa shape index (κ1) is 26.0. The van der Waals surface area contributed by atoms with Gasteiger partial charge in [0.05, 0.1) is 5.92 Å². The van der Waals surface area contributed by atoms with E-state index in [4.69, 9.17) is 0 Å². The van der Waals surface area contributed by atoms with Crippen molar-refractivity contribution in [2.45, 2.75) is 120 Å². The molecule has 9 atom stereocenters. The Kier molecular flexibility index (Phi) is 5.91. The molecule has 2 N–H and O–H groups in total. The molecule has 0 aromatic rings. The molecule has 4 saturated carbocycles. The number of fused-ring (bicyclic) bond motifs is 5. The van der Waals surface area contributed by atoms with Crippen LogP contribution >= 0.6 is 0 Å². The predicted octanol–water partition coefficient (Wildman–Crippen LogP) is 7.65. The number of hydrogen-bond acceptors (Lipinski definition) is 2. The van der Waals surface area contributed by atoms with Crippen molar-refractivity contribution < 1.29 is 19.8 Å². The highest BCUT2D eigenvalue weighted by Crippen LogP contribution is 2.77. The maximum Gasteiger partial charge on any atom is 0.306 e. The second-order valence-electron chi connectivity index (χ2n) is 15.2. The van der Waals surface area contributed by atoms with E-state index in [1.807, 2.05) is 6.92 Å². The summed E-state index contributed by atoms with van der Waals surface area (Å²) in [6.45, 7) is 18.9. The zero-order valence-corrected chi connectivity index (χ0v) is 23.1. The Morgan fingerprint density at radius 3 is 1.94 bits per heavy atom. The van der Waals surface area contributed by atoms with Crippen LogP contribution in [-0.4, -0.2) is 22.2 Å². The van der Waals surface area contributed by atoms with Gasteiger partial charge in [-0.1, -0.05) is 55.4 Å². The van der Waals surface area contributed by atoms with Crippen molar-refractivity contribution >= 4 is 11.9 Å². The van der Waals surface area contributed by atoms with Crippen LogP contribution in [0.1, 0.15) is 120 Å². The molecule has 0 unspecified atom stereocenters. The minimum Gasteiger partial charge on any atom is -0.481 e. The summed E-state index contributed by atoms with van der Waals surface area (Å²) < 4.78 is 0. The Hall–Kier alpha value is -1.06. The fourth-order valence-electron chi connectivity index (χ4n) is 10.6. The third kappa shape index (κ3) is 3.43. The van der Waals surface area contributed by atoms with Gasteiger partial charge in [0, 0.05) is 6.42 Å². The molecule has 0 bridgehead atoms. The minimum absolute atomic E-state index is 0.0854. The Labute approximate surface area is 207 Å². The zero-order valence-electron chi connectivity index (χ0n) is 23.1. The summed E-state index contributed by atoms with van der Waals surface area (Å²) in [5.74, 6) is -1.06. The van der Waals surface area contributed by atoms with Crippen molar-refractivity contribution in [3.8, 4) is 0 Å². The molecule has 0 amide bonds. The van der Waals surface area contributed by atoms with E-state index in [1.54, 1.807) is 0 Å². The van der Waals surface area contributed by atoms with Crippen LogP contribution in [0.25, 0.3) is 0 Å². The Balaban J connectivity index is 1.78. The van der Waals surface area contributed by atoms with E-state index in [0.29, 0.717) is 22.7 Å². The molecule has 34 heavy (non-hydrogen) atoms. The smallest absolute Gasteiger partial charge is 0.306 e. The van der Waals surface area contributed by atoms with Gasteiger partial charge in [-0.3, -0.25) is 9.59 Å². The minimum atomic E-state index is -0.787. The summed E-state index contributed by atoms with van der Waals surface area (Å²) in [5, 5.41) is 19.9. The third-order valence-electron chi connectivity index (χ3n) is 13.3. The highest BCUT2D eigenvalue weighted by molar-refractivity contribution is 5.71. The molecular formula is C30H50O4. The molecule has 0 aliphatic heterocycles. The van der Waals surface area contributed by atoms with Gasteiger partial charge in [-0.15, -0.1) is 0 Å². The second kappa shape index (κ2) is 7.72. The molecule has 0 saturated heterocycles. The molecule has 0 aromatic heterocycles. The molecule has 194 valence electrons. The van der Waals surface area contributed by atoms with Crippen LogP contribution in [-0.2, 0) is 9.59 Å². The molecule has 4 heteroatoms. The number of aliphatic carboxylic acids is 2. The number of carboxylic acids is 2. The van der Waals surface area contributed by atoms with E-state index < -0.39 is 23.3 Å². The SMILES string of the molecule is C[C@@H](C(=O)O)[C@@]1(C)CC[C@H]2[C@@](C)(CC[C@@]3(C)[C@@H]4CC(C)(C)CC[C@]4(C)CC[C@]23C)[C@@H]1CC(=O)O. The zero-order chi connectivity index (χ0) is 25.5. The topological polar surface area (TPSA) is 74.6 Å². The molecule has 4 rings (SSSR count). The Morgan fingerprint density at radius 2 is 1.35 bits per heavy atom. The summed E-state index contributed by atoms with van der Waals surface area (Å²) in [4.78, 5) is 24.3. The first-order valence-corrected chi connectivity index (χ1v) is 13.9. The average molecular weight is 475 g/mol. The molecule has 4 fully saturated rings. The van der Waals surface area contributed by atoms with E-state index in [0.717, 1.165) is 25.7 Å². The van der Waals surface area contributed by atoms with Crippen molar-refractivity contribution in [1.82, 2.24) is 0 Å². The van der Waals surface area contributed by atoms with E-state index in [1.165, 1.54) is 32.1 Å². The monoisotopic (exact) mass is 474 g/mol. The van der Waals surface area contributed by atoms with Crippen LogP contribution in [0.4, 0.5) is 0 Å². The van der Waals surface area contributed by atoms with Crippen molar-refractivity contribution in [2.75, 3.05) is 0 Å². The van der Waals surface area contributed by atoms with Gasteiger partial charge in [-0.25, -0.2) is 0 Å². The lowest BCUT2D eigenvalue weighted by atomic mass is 9.30. The molecule has 0 aromatic carbocycles. The number of rotatable bonds is 4. The standard InChI is InChI=1S/C30H50O4/c1-19(24(33)34)27(5)10-9-20-28(6,21(27)17-23(31)32)14-16-30(8)22-18-25(2,3)11-12-26(22,4)13-15-29(20,30)7/h19-22H,9-18H2,1-8H3,(H,31,32)(H,33,34)/t19-,20-,21+,22+,26+,27+,28+,29+,30-/m0/s1. The first-order chi connectivity index (χ1) is 15.5. The van der Waals surface area contributed by atoms with Crippen molar-refractivity contribution in [3.05, 3.63) is 0 Å². The third-order valence-corrected chi connectivity index (χ3v) is 13.3. The molecule has 0 heterocycles. The second-order valence-corrected chi connectivity index (χ2v) is 15.2. The fraction of sp³-hybridized carbons (Fsp3) is 0.933. The van der Waals surface area contributed by atoms with E-state index in [2.05, 4.69) is 48.5 Å².